The van der Waals surface area contributed by atoms with E-state index in [1.807, 2.05) is 49.4 Å². The van der Waals surface area contributed by atoms with Crippen molar-refractivity contribution in [3.63, 3.8) is 0 Å². The van der Waals surface area contributed by atoms with Crippen molar-refractivity contribution < 1.29 is 9.84 Å². The molecule has 2 N–H and O–H groups in total. The van der Waals surface area contributed by atoms with Gasteiger partial charge >= 0.3 is 0 Å². The smallest absolute Gasteiger partial charge is 0.142 e. The molecule has 0 aliphatic rings. The van der Waals surface area contributed by atoms with Gasteiger partial charge in [0.05, 0.1) is 5.02 Å². The van der Waals surface area contributed by atoms with Crippen LogP contribution in [-0.4, -0.2) is 18.3 Å². The molecule has 0 saturated heterocycles. The summed E-state index contributed by atoms with van der Waals surface area (Å²) in [5, 5.41) is 14.0. The zero-order valence-corrected chi connectivity index (χ0v) is 12.8. The lowest BCUT2D eigenvalue weighted by Crippen LogP contribution is -2.15. The van der Waals surface area contributed by atoms with Gasteiger partial charge in [0.15, 0.2) is 0 Å². The molecule has 2 aromatic carbocycles. The summed E-state index contributed by atoms with van der Waals surface area (Å²) in [7, 11) is 0. The molecule has 0 spiro atoms. The first kappa shape index (κ1) is 15.8. The summed E-state index contributed by atoms with van der Waals surface area (Å²) in [5.41, 5.74) is 1.82. The van der Waals surface area contributed by atoms with E-state index in [1.54, 1.807) is 6.07 Å². The Morgan fingerprint density at radius 1 is 1.14 bits per heavy atom. The Hall–Kier alpha value is -1.55. The van der Waals surface area contributed by atoms with Crippen LogP contribution >= 0.6 is 11.6 Å². The average molecular weight is 306 g/mol. The third-order valence-corrected chi connectivity index (χ3v) is 3.48. The summed E-state index contributed by atoms with van der Waals surface area (Å²) in [6.45, 7) is 3.78. The lowest BCUT2D eigenvalue weighted by Gasteiger charge is -2.16. The summed E-state index contributed by atoms with van der Waals surface area (Å²) in [6.07, 6.45) is -0.672. The predicted octanol–water partition coefficient (Wildman–Crippen LogP) is 3.56. The Bertz CT molecular complexity index is 560. The number of hydrogen-bond acceptors (Lipinski definition) is 3. The summed E-state index contributed by atoms with van der Waals surface area (Å²) in [6, 6.07) is 15.1. The van der Waals surface area contributed by atoms with Gasteiger partial charge in [-0.15, -0.1) is 0 Å². The molecule has 0 amide bonds. The molecule has 0 heterocycles. The Kier molecular flexibility index (Phi) is 6.05. The van der Waals surface area contributed by atoms with Crippen LogP contribution in [0, 0.1) is 0 Å². The van der Waals surface area contributed by atoms with Crippen LogP contribution in [0.4, 0.5) is 0 Å². The van der Waals surface area contributed by atoms with Crippen molar-refractivity contribution in [2.24, 2.45) is 0 Å². The number of ether oxygens (including phenoxy) is 1. The Morgan fingerprint density at radius 2 is 1.90 bits per heavy atom. The molecule has 0 aliphatic heterocycles. The van der Waals surface area contributed by atoms with Crippen LogP contribution < -0.4 is 10.1 Å². The number of aliphatic hydroxyl groups is 1. The van der Waals surface area contributed by atoms with Gasteiger partial charge in [0.25, 0.3) is 0 Å². The van der Waals surface area contributed by atoms with Gasteiger partial charge < -0.3 is 15.2 Å². The maximum absolute atomic E-state index is 10.2. The quantitative estimate of drug-likeness (QED) is 0.822. The van der Waals surface area contributed by atoms with Crippen molar-refractivity contribution in [2.75, 3.05) is 13.2 Å². The Morgan fingerprint density at radius 3 is 2.62 bits per heavy atom. The van der Waals surface area contributed by atoms with E-state index in [0.29, 0.717) is 17.3 Å². The van der Waals surface area contributed by atoms with Crippen LogP contribution in [0.3, 0.4) is 0 Å². The molecule has 0 aliphatic carbocycles. The monoisotopic (exact) mass is 305 g/mol. The molecular formula is C17H20ClNO2. The zero-order chi connectivity index (χ0) is 15.1. The summed E-state index contributed by atoms with van der Waals surface area (Å²) >= 11 is 6.20. The molecule has 2 rings (SSSR count). The maximum Gasteiger partial charge on any atom is 0.142 e. The normalized spacial score (nSPS) is 12.1. The molecule has 0 fully saturated rings. The van der Waals surface area contributed by atoms with Crippen molar-refractivity contribution in [1.82, 2.24) is 5.32 Å². The number of rotatable bonds is 7. The minimum atomic E-state index is -0.672. The van der Waals surface area contributed by atoms with Gasteiger partial charge in [0, 0.05) is 12.1 Å². The van der Waals surface area contributed by atoms with Gasteiger partial charge in [0.2, 0.25) is 0 Å². The predicted molar refractivity (Wildman–Crippen MR) is 85.7 cm³/mol. The third-order valence-electron chi connectivity index (χ3n) is 3.18. The van der Waals surface area contributed by atoms with E-state index < -0.39 is 6.10 Å². The molecular weight excluding hydrogens is 286 g/mol. The molecule has 0 saturated carbocycles. The summed E-state index contributed by atoms with van der Waals surface area (Å²) in [5.74, 6) is 0.634. The van der Waals surface area contributed by atoms with Crippen molar-refractivity contribution >= 4 is 11.6 Å². The fraction of sp³-hybridized carbons (Fsp3) is 0.294. The van der Waals surface area contributed by atoms with Gasteiger partial charge in [-0.25, -0.2) is 0 Å². The molecule has 3 nitrogen and oxygen atoms in total. The highest BCUT2D eigenvalue weighted by Gasteiger charge is 2.12. The molecule has 0 aromatic heterocycles. The topological polar surface area (TPSA) is 41.5 Å². The summed E-state index contributed by atoms with van der Waals surface area (Å²) < 4.78 is 5.76. The first-order valence-corrected chi connectivity index (χ1v) is 7.44. The minimum Gasteiger partial charge on any atom is -0.489 e. The van der Waals surface area contributed by atoms with Crippen molar-refractivity contribution in [1.29, 1.82) is 0 Å². The molecule has 0 bridgehead atoms. The number of aliphatic hydroxyl groups excluding tert-OH is 1. The van der Waals surface area contributed by atoms with E-state index in [1.165, 1.54) is 0 Å². The van der Waals surface area contributed by atoms with Crippen LogP contribution in [0.15, 0.2) is 48.5 Å². The standard InChI is InChI=1S/C17H20ClNO2/c1-2-19-11-14-9-6-10-15(18)17(14)21-12-16(20)13-7-4-3-5-8-13/h3-10,16,19-20H,2,11-12H2,1H3. The lowest BCUT2D eigenvalue weighted by molar-refractivity contribution is 0.107. The van der Waals surface area contributed by atoms with Gasteiger partial charge in [-0.2, -0.15) is 0 Å². The summed E-state index contributed by atoms with van der Waals surface area (Å²) in [4.78, 5) is 0. The number of nitrogens with one attached hydrogen (secondary N) is 1. The van der Waals surface area contributed by atoms with E-state index in [2.05, 4.69) is 5.32 Å². The number of hydrogen-bond donors (Lipinski definition) is 2. The SMILES string of the molecule is CCNCc1cccc(Cl)c1OCC(O)c1ccccc1. The molecule has 4 heteroatoms. The highest BCUT2D eigenvalue weighted by atomic mass is 35.5. The van der Waals surface area contributed by atoms with Gasteiger partial charge in [-0.3, -0.25) is 0 Å². The number of halogens is 1. The first-order chi connectivity index (χ1) is 10.2. The Labute approximate surface area is 130 Å². The van der Waals surface area contributed by atoms with E-state index in [0.717, 1.165) is 17.7 Å². The third kappa shape index (κ3) is 4.46. The van der Waals surface area contributed by atoms with E-state index in [-0.39, 0.29) is 6.61 Å². The van der Waals surface area contributed by atoms with Gasteiger partial charge in [-0.05, 0) is 18.2 Å². The highest BCUT2D eigenvalue weighted by molar-refractivity contribution is 6.32. The van der Waals surface area contributed by atoms with Crippen molar-refractivity contribution in [2.45, 2.75) is 19.6 Å². The largest absolute Gasteiger partial charge is 0.489 e. The molecule has 1 unspecified atom stereocenters. The van der Waals surface area contributed by atoms with Crippen LogP contribution in [0.1, 0.15) is 24.2 Å². The van der Waals surface area contributed by atoms with Crippen molar-refractivity contribution in [3.8, 4) is 5.75 Å². The molecule has 21 heavy (non-hydrogen) atoms. The molecule has 1 atom stereocenters. The molecule has 2 aromatic rings. The Balaban J connectivity index is 2.05. The van der Waals surface area contributed by atoms with Crippen LogP contribution in [0.5, 0.6) is 5.75 Å². The van der Waals surface area contributed by atoms with Crippen molar-refractivity contribution in [3.05, 3.63) is 64.7 Å². The second kappa shape index (κ2) is 8.03. The van der Waals surface area contributed by atoms with E-state index in [9.17, 15) is 5.11 Å². The average Bonchev–Trinajstić information content (AvgIpc) is 2.52. The molecule has 112 valence electrons. The van der Waals surface area contributed by atoms with Crippen LogP contribution in [0.25, 0.3) is 0 Å². The van der Waals surface area contributed by atoms with E-state index in [4.69, 9.17) is 16.3 Å². The lowest BCUT2D eigenvalue weighted by atomic mass is 10.1. The highest BCUT2D eigenvalue weighted by Crippen LogP contribution is 2.29. The van der Waals surface area contributed by atoms with Crippen LogP contribution in [0.2, 0.25) is 5.02 Å². The number of para-hydroxylation sites is 1. The maximum atomic E-state index is 10.2. The van der Waals surface area contributed by atoms with E-state index >= 15 is 0 Å². The second-order valence-corrected chi connectivity index (χ2v) is 5.15. The van der Waals surface area contributed by atoms with Crippen LogP contribution in [-0.2, 0) is 6.54 Å². The van der Waals surface area contributed by atoms with Gasteiger partial charge in [-0.1, -0.05) is 61.0 Å². The first-order valence-electron chi connectivity index (χ1n) is 7.06. The fourth-order valence-electron chi connectivity index (χ4n) is 2.05. The minimum absolute atomic E-state index is 0.173. The second-order valence-electron chi connectivity index (χ2n) is 4.75. The zero-order valence-electron chi connectivity index (χ0n) is 12.1. The fourth-order valence-corrected chi connectivity index (χ4v) is 2.30. The number of benzene rings is 2. The molecule has 0 radical (unpaired) electrons. The van der Waals surface area contributed by atoms with Gasteiger partial charge in [0.1, 0.15) is 18.5 Å².